The molecule has 3 nitrogen and oxygen atoms in total. The van der Waals surface area contributed by atoms with Gasteiger partial charge in [-0.3, -0.25) is 4.79 Å². The Balaban J connectivity index is 2.66. The third-order valence-corrected chi connectivity index (χ3v) is 1.89. The molecule has 0 aromatic heterocycles. The molecule has 0 bridgehead atoms. The summed E-state index contributed by atoms with van der Waals surface area (Å²) >= 11 is 0. The molecule has 0 radical (unpaired) electrons. The topological polar surface area (TPSA) is 55.1 Å². The number of carbonyl (C=O) groups is 1. The van der Waals surface area contributed by atoms with E-state index in [1.807, 2.05) is 0 Å². The van der Waals surface area contributed by atoms with Crippen LogP contribution in [0.4, 0.5) is 10.1 Å². The summed E-state index contributed by atoms with van der Waals surface area (Å²) in [6, 6.07) is 5.25. The highest BCUT2D eigenvalue weighted by Gasteiger charge is 2.12. The van der Waals surface area contributed by atoms with Gasteiger partial charge in [0.05, 0.1) is 11.7 Å². The van der Waals surface area contributed by atoms with Crippen molar-refractivity contribution in [2.75, 3.05) is 5.32 Å². The lowest BCUT2D eigenvalue weighted by Gasteiger charge is -2.10. The highest BCUT2D eigenvalue weighted by Crippen LogP contribution is 2.12. The zero-order chi connectivity index (χ0) is 11.3. The number of carbonyl (C=O) groups excluding carboxylic acids is 1. The second-order valence-electron chi connectivity index (χ2n) is 3.10. The first-order valence-corrected chi connectivity index (χ1v) is 4.57. The molecular weight excluding hydrogens is 195 g/mol. The Morgan fingerprint density at radius 3 is 2.87 bits per heavy atom. The van der Waals surface area contributed by atoms with E-state index in [0.717, 1.165) is 0 Å². The minimum absolute atomic E-state index is 0.141. The second-order valence-corrected chi connectivity index (χ2v) is 3.10. The van der Waals surface area contributed by atoms with Gasteiger partial charge < -0.3 is 11.1 Å². The number of halogens is 1. The zero-order valence-corrected chi connectivity index (χ0v) is 8.24. The monoisotopic (exact) mass is 208 g/mol. The summed E-state index contributed by atoms with van der Waals surface area (Å²) in [5.74, 6) is -0.892. The van der Waals surface area contributed by atoms with Gasteiger partial charge in [-0.25, -0.2) is 4.39 Å². The van der Waals surface area contributed by atoms with Crippen molar-refractivity contribution < 1.29 is 9.18 Å². The predicted molar refractivity (Wildman–Crippen MR) is 57.8 cm³/mol. The molecule has 0 heterocycles. The fourth-order valence-corrected chi connectivity index (χ4v) is 1.07. The van der Waals surface area contributed by atoms with Gasteiger partial charge in [-0.2, -0.15) is 0 Å². The molecule has 1 atom stereocenters. The van der Waals surface area contributed by atoms with Crippen molar-refractivity contribution in [3.05, 3.63) is 42.7 Å². The Labute approximate surface area is 87.8 Å². The largest absolute Gasteiger partial charge is 0.322 e. The third-order valence-electron chi connectivity index (χ3n) is 1.89. The van der Waals surface area contributed by atoms with Gasteiger partial charge in [-0.05, 0) is 18.6 Å². The summed E-state index contributed by atoms with van der Waals surface area (Å²) in [7, 11) is 0. The highest BCUT2D eigenvalue weighted by molar-refractivity contribution is 5.94. The molecule has 1 unspecified atom stereocenters. The van der Waals surface area contributed by atoms with Crippen LogP contribution < -0.4 is 11.1 Å². The second kappa shape index (κ2) is 5.26. The fraction of sp³-hybridized carbons (Fsp3) is 0.182. The summed E-state index contributed by atoms with van der Waals surface area (Å²) in [5, 5.41) is 2.41. The molecule has 0 spiro atoms. The number of amides is 1. The molecule has 4 heteroatoms. The number of hydrogen-bond acceptors (Lipinski definition) is 2. The van der Waals surface area contributed by atoms with Gasteiger partial charge in [0.25, 0.3) is 0 Å². The van der Waals surface area contributed by atoms with Gasteiger partial charge in [0.1, 0.15) is 5.82 Å². The Morgan fingerprint density at radius 2 is 2.27 bits per heavy atom. The van der Waals surface area contributed by atoms with Crippen molar-refractivity contribution in [3.8, 4) is 0 Å². The number of rotatable bonds is 4. The smallest absolute Gasteiger partial charge is 0.241 e. The van der Waals surface area contributed by atoms with Gasteiger partial charge in [0, 0.05) is 0 Å². The standard InChI is InChI=1S/C11H13FN2O/c1-2-5-9(13)11(15)14-10-7-4-3-6-8(10)12/h2-4,6-7,9H,1,5,13H2,(H,14,15). The number of nitrogens with two attached hydrogens (primary N) is 1. The maximum absolute atomic E-state index is 13.1. The molecule has 0 aliphatic rings. The van der Waals surface area contributed by atoms with Crippen molar-refractivity contribution in [1.29, 1.82) is 0 Å². The van der Waals surface area contributed by atoms with E-state index in [0.29, 0.717) is 6.42 Å². The third kappa shape index (κ3) is 3.18. The number of anilines is 1. The van der Waals surface area contributed by atoms with Gasteiger partial charge in [-0.15, -0.1) is 6.58 Å². The Kier molecular flexibility index (Phi) is 4.00. The minimum atomic E-state index is -0.692. The van der Waals surface area contributed by atoms with Gasteiger partial charge in [0.15, 0.2) is 0 Å². The van der Waals surface area contributed by atoms with E-state index in [2.05, 4.69) is 11.9 Å². The molecule has 1 amide bonds. The van der Waals surface area contributed by atoms with Gasteiger partial charge >= 0.3 is 0 Å². The fourth-order valence-electron chi connectivity index (χ4n) is 1.07. The number of para-hydroxylation sites is 1. The quantitative estimate of drug-likeness (QED) is 0.739. The summed E-state index contributed by atoms with van der Waals surface area (Å²) in [5.41, 5.74) is 5.66. The van der Waals surface area contributed by atoms with Crippen LogP contribution in [0, 0.1) is 5.82 Å². The molecule has 0 saturated carbocycles. The summed E-state index contributed by atoms with van der Waals surface area (Å²) < 4.78 is 13.1. The van der Waals surface area contributed by atoms with Crippen molar-refractivity contribution in [1.82, 2.24) is 0 Å². The number of nitrogens with one attached hydrogen (secondary N) is 1. The molecule has 15 heavy (non-hydrogen) atoms. The summed E-state index contributed by atoms with van der Waals surface area (Å²) in [4.78, 5) is 11.4. The first-order chi connectivity index (χ1) is 7.15. The molecule has 0 fully saturated rings. The minimum Gasteiger partial charge on any atom is -0.322 e. The summed E-state index contributed by atoms with van der Waals surface area (Å²) in [6.07, 6.45) is 1.91. The van der Waals surface area contributed by atoms with Crippen molar-refractivity contribution in [2.45, 2.75) is 12.5 Å². The SMILES string of the molecule is C=CCC(N)C(=O)Nc1ccccc1F. The first-order valence-electron chi connectivity index (χ1n) is 4.57. The van der Waals surface area contributed by atoms with Crippen LogP contribution in [-0.2, 0) is 4.79 Å². The van der Waals surface area contributed by atoms with Gasteiger partial charge in [-0.1, -0.05) is 18.2 Å². The summed E-state index contributed by atoms with van der Waals surface area (Å²) in [6.45, 7) is 3.47. The molecule has 0 saturated heterocycles. The van der Waals surface area contributed by atoms with Crippen LogP contribution in [0.3, 0.4) is 0 Å². The number of hydrogen-bond donors (Lipinski definition) is 2. The average Bonchev–Trinajstić information content (AvgIpc) is 2.21. The molecule has 1 rings (SSSR count). The Hall–Kier alpha value is -1.68. The van der Waals surface area contributed by atoms with E-state index in [1.54, 1.807) is 18.2 Å². The molecule has 80 valence electrons. The predicted octanol–water partition coefficient (Wildman–Crippen LogP) is 1.67. The van der Waals surface area contributed by atoms with E-state index in [4.69, 9.17) is 5.73 Å². The molecule has 3 N–H and O–H groups in total. The van der Waals surface area contributed by atoms with E-state index < -0.39 is 17.8 Å². The molecular formula is C11H13FN2O. The average molecular weight is 208 g/mol. The Bertz CT molecular complexity index is 365. The molecule has 0 aliphatic carbocycles. The van der Waals surface area contributed by atoms with Crippen LogP contribution in [0.25, 0.3) is 0 Å². The van der Waals surface area contributed by atoms with Crippen LogP contribution in [0.15, 0.2) is 36.9 Å². The van der Waals surface area contributed by atoms with Crippen LogP contribution >= 0.6 is 0 Å². The van der Waals surface area contributed by atoms with Crippen LogP contribution in [0.1, 0.15) is 6.42 Å². The van der Waals surface area contributed by atoms with Crippen molar-refractivity contribution in [2.24, 2.45) is 5.73 Å². The molecule has 1 aromatic carbocycles. The van der Waals surface area contributed by atoms with E-state index in [-0.39, 0.29) is 5.69 Å². The van der Waals surface area contributed by atoms with Crippen LogP contribution in [0.2, 0.25) is 0 Å². The van der Waals surface area contributed by atoms with E-state index in [9.17, 15) is 9.18 Å². The van der Waals surface area contributed by atoms with E-state index >= 15 is 0 Å². The van der Waals surface area contributed by atoms with Crippen molar-refractivity contribution in [3.63, 3.8) is 0 Å². The lowest BCUT2D eigenvalue weighted by Crippen LogP contribution is -2.35. The first kappa shape index (κ1) is 11.4. The lowest BCUT2D eigenvalue weighted by molar-refractivity contribution is -0.117. The molecule has 1 aromatic rings. The highest BCUT2D eigenvalue weighted by atomic mass is 19.1. The number of benzene rings is 1. The van der Waals surface area contributed by atoms with Crippen LogP contribution in [-0.4, -0.2) is 11.9 Å². The van der Waals surface area contributed by atoms with E-state index in [1.165, 1.54) is 12.1 Å². The zero-order valence-electron chi connectivity index (χ0n) is 8.24. The Morgan fingerprint density at radius 1 is 1.60 bits per heavy atom. The lowest BCUT2D eigenvalue weighted by atomic mass is 10.2. The van der Waals surface area contributed by atoms with Crippen LogP contribution in [0.5, 0.6) is 0 Å². The maximum Gasteiger partial charge on any atom is 0.241 e. The molecule has 0 aliphatic heterocycles. The normalized spacial score (nSPS) is 11.9. The maximum atomic E-state index is 13.1. The van der Waals surface area contributed by atoms with Gasteiger partial charge in [0.2, 0.25) is 5.91 Å². The van der Waals surface area contributed by atoms with Crippen molar-refractivity contribution >= 4 is 11.6 Å².